The first-order chi connectivity index (χ1) is 12.8. The second-order valence-corrected chi connectivity index (χ2v) is 8.41. The summed E-state index contributed by atoms with van der Waals surface area (Å²) in [6, 6.07) is 13.8. The first-order valence-electron chi connectivity index (χ1n) is 8.52. The van der Waals surface area contributed by atoms with Crippen molar-refractivity contribution < 1.29 is 17.9 Å². The Kier molecular flexibility index (Phi) is 5.30. The number of hydrogen-bond donors (Lipinski definition) is 0. The number of benzene rings is 2. The van der Waals surface area contributed by atoms with Gasteiger partial charge in [0.1, 0.15) is 5.76 Å². The largest absolute Gasteiger partial charge is 0.423 e. The fourth-order valence-electron chi connectivity index (χ4n) is 2.81. The highest BCUT2D eigenvalue weighted by molar-refractivity contribution is 7.89. The zero-order valence-corrected chi connectivity index (χ0v) is 16.1. The topological polar surface area (TPSA) is 63.7 Å². The van der Waals surface area contributed by atoms with Crippen molar-refractivity contribution >= 4 is 16.0 Å². The molecule has 0 atom stereocenters. The molecule has 0 radical (unpaired) electrons. The number of esters is 1. The molecule has 5 nitrogen and oxygen atoms in total. The van der Waals surface area contributed by atoms with E-state index >= 15 is 0 Å². The van der Waals surface area contributed by atoms with Crippen LogP contribution < -0.4 is 0 Å². The van der Waals surface area contributed by atoms with E-state index in [-0.39, 0.29) is 23.7 Å². The van der Waals surface area contributed by atoms with Crippen LogP contribution in [0.3, 0.4) is 0 Å². The van der Waals surface area contributed by atoms with E-state index in [1.54, 1.807) is 42.5 Å². The van der Waals surface area contributed by atoms with Gasteiger partial charge >= 0.3 is 5.97 Å². The lowest BCUT2D eigenvalue weighted by molar-refractivity contribution is 0.0632. The summed E-state index contributed by atoms with van der Waals surface area (Å²) in [7, 11) is -3.61. The van der Waals surface area contributed by atoms with Crippen molar-refractivity contribution in [1.82, 2.24) is 4.31 Å². The average molecular weight is 383 g/mol. The predicted molar refractivity (Wildman–Crippen MR) is 104 cm³/mol. The summed E-state index contributed by atoms with van der Waals surface area (Å²) in [6.45, 7) is 7.86. The quantitative estimate of drug-likeness (QED) is 0.585. The molecule has 140 valence electrons. The number of carbonyl (C=O) groups is 1. The molecule has 1 aliphatic rings. The molecular formula is C21H21NO4S. The second kappa shape index (κ2) is 7.50. The van der Waals surface area contributed by atoms with Crippen LogP contribution in [0.4, 0.5) is 0 Å². The van der Waals surface area contributed by atoms with Gasteiger partial charge < -0.3 is 4.74 Å². The highest BCUT2D eigenvalue weighted by Gasteiger charge is 2.29. The van der Waals surface area contributed by atoms with Gasteiger partial charge in [0.05, 0.1) is 10.5 Å². The number of nitrogens with zero attached hydrogens (tertiary/aromatic N) is 1. The minimum atomic E-state index is -3.61. The molecule has 0 saturated heterocycles. The smallest absolute Gasteiger partial charge is 0.343 e. The Balaban J connectivity index is 1.68. The molecular weight excluding hydrogens is 362 g/mol. The summed E-state index contributed by atoms with van der Waals surface area (Å²) in [5.41, 5.74) is 2.85. The fraction of sp³-hybridized carbons (Fsp3) is 0.190. The lowest BCUT2D eigenvalue weighted by atomic mass is 10.1. The lowest BCUT2D eigenvalue weighted by Gasteiger charge is -2.17. The van der Waals surface area contributed by atoms with Crippen molar-refractivity contribution in [3.8, 4) is 0 Å². The van der Waals surface area contributed by atoms with Gasteiger partial charge in [0.25, 0.3) is 0 Å². The maximum Gasteiger partial charge on any atom is 0.343 e. The van der Waals surface area contributed by atoms with E-state index in [1.807, 2.05) is 26.0 Å². The molecule has 1 aliphatic heterocycles. The summed E-state index contributed by atoms with van der Waals surface area (Å²) in [4.78, 5) is 12.6. The Morgan fingerprint density at radius 2 is 1.74 bits per heavy atom. The van der Waals surface area contributed by atoms with E-state index in [0.717, 1.165) is 11.1 Å². The third-order valence-corrected chi connectivity index (χ3v) is 6.31. The van der Waals surface area contributed by atoms with Crippen molar-refractivity contribution in [3.63, 3.8) is 0 Å². The van der Waals surface area contributed by atoms with Crippen LogP contribution in [-0.2, 0) is 14.8 Å². The van der Waals surface area contributed by atoms with Crippen molar-refractivity contribution in [1.29, 1.82) is 0 Å². The summed E-state index contributed by atoms with van der Waals surface area (Å²) >= 11 is 0. The SMILES string of the molecule is C=C(OC(=O)c1ccccc1C)C1=CCN(S(=O)(=O)c2ccc(C)cc2)C1. The van der Waals surface area contributed by atoms with Crippen LogP contribution in [0.5, 0.6) is 0 Å². The Labute approximate surface area is 159 Å². The molecule has 0 aliphatic carbocycles. The summed E-state index contributed by atoms with van der Waals surface area (Å²) in [6.07, 6.45) is 1.72. The van der Waals surface area contributed by atoms with Crippen molar-refractivity contribution in [2.45, 2.75) is 18.7 Å². The van der Waals surface area contributed by atoms with Crippen molar-refractivity contribution in [2.24, 2.45) is 0 Å². The van der Waals surface area contributed by atoms with E-state index in [9.17, 15) is 13.2 Å². The van der Waals surface area contributed by atoms with Crippen LogP contribution in [0, 0.1) is 13.8 Å². The minimum Gasteiger partial charge on any atom is -0.423 e. The molecule has 27 heavy (non-hydrogen) atoms. The Bertz CT molecular complexity index is 1020. The van der Waals surface area contributed by atoms with Crippen molar-refractivity contribution in [3.05, 3.63) is 89.2 Å². The van der Waals surface area contributed by atoms with Gasteiger partial charge in [-0.15, -0.1) is 0 Å². The Hall–Kier alpha value is -2.70. The zero-order chi connectivity index (χ0) is 19.6. The van der Waals surface area contributed by atoms with Crippen LogP contribution in [-0.4, -0.2) is 31.8 Å². The summed E-state index contributed by atoms with van der Waals surface area (Å²) in [5.74, 6) is -0.330. The third-order valence-electron chi connectivity index (χ3n) is 4.49. The van der Waals surface area contributed by atoms with Crippen LogP contribution in [0.2, 0.25) is 0 Å². The molecule has 0 amide bonds. The minimum absolute atomic E-state index is 0.121. The first kappa shape index (κ1) is 19.1. The van der Waals surface area contributed by atoms with Gasteiger partial charge in [0.15, 0.2) is 0 Å². The molecule has 2 aromatic carbocycles. The second-order valence-electron chi connectivity index (χ2n) is 6.47. The number of rotatable bonds is 5. The number of sulfonamides is 1. The van der Waals surface area contributed by atoms with E-state index in [1.165, 1.54) is 4.31 Å². The summed E-state index contributed by atoms with van der Waals surface area (Å²) in [5, 5.41) is 0. The maximum atomic E-state index is 12.8. The Morgan fingerprint density at radius 1 is 1.07 bits per heavy atom. The van der Waals surface area contributed by atoms with Gasteiger partial charge in [-0.1, -0.05) is 48.6 Å². The molecule has 6 heteroatoms. The number of hydrogen-bond acceptors (Lipinski definition) is 4. The molecule has 0 saturated carbocycles. The lowest BCUT2D eigenvalue weighted by Crippen LogP contribution is -2.29. The highest BCUT2D eigenvalue weighted by Crippen LogP contribution is 2.25. The van der Waals surface area contributed by atoms with Crippen LogP contribution in [0.1, 0.15) is 21.5 Å². The van der Waals surface area contributed by atoms with Gasteiger partial charge in [-0.3, -0.25) is 0 Å². The fourth-order valence-corrected chi connectivity index (χ4v) is 4.17. The van der Waals surface area contributed by atoms with Crippen molar-refractivity contribution in [2.75, 3.05) is 13.1 Å². The van der Waals surface area contributed by atoms with Crippen LogP contribution in [0.15, 0.2) is 77.4 Å². The predicted octanol–water partition coefficient (Wildman–Crippen LogP) is 3.60. The van der Waals surface area contributed by atoms with E-state index in [4.69, 9.17) is 4.74 Å². The highest BCUT2D eigenvalue weighted by atomic mass is 32.2. The van der Waals surface area contributed by atoms with E-state index in [2.05, 4.69) is 6.58 Å². The number of carbonyl (C=O) groups excluding carboxylic acids is 1. The number of ether oxygens (including phenoxy) is 1. The van der Waals surface area contributed by atoms with Gasteiger partial charge in [-0.25, -0.2) is 13.2 Å². The molecule has 0 fully saturated rings. The normalized spacial score (nSPS) is 14.7. The molecule has 0 spiro atoms. The molecule has 0 N–H and O–H groups in total. The summed E-state index contributed by atoms with van der Waals surface area (Å²) < 4.78 is 32.2. The first-order valence-corrected chi connectivity index (χ1v) is 9.96. The van der Waals surface area contributed by atoms with E-state index in [0.29, 0.717) is 11.1 Å². The van der Waals surface area contributed by atoms with Gasteiger partial charge in [-0.2, -0.15) is 4.31 Å². The van der Waals surface area contributed by atoms with E-state index < -0.39 is 16.0 Å². The zero-order valence-electron chi connectivity index (χ0n) is 15.3. The molecule has 3 rings (SSSR count). The number of aryl methyl sites for hydroxylation is 2. The Morgan fingerprint density at radius 3 is 2.41 bits per heavy atom. The molecule has 2 aromatic rings. The van der Waals surface area contributed by atoms with Crippen LogP contribution >= 0.6 is 0 Å². The maximum absolute atomic E-state index is 12.8. The molecule has 0 bridgehead atoms. The third kappa shape index (κ3) is 4.02. The van der Waals surface area contributed by atoms with Gasteiger partial charge in [-0.05, 0) is 37.6 Å². The van der Waals surface area contributed by atoms with Gasteiger partial charge in [0.2, 0.25) is 10.0 Å². The van der Waals surface area contributed by atoms with Gasteiger partial charge in [0, 0.05) is 18.7 Å². The van der Waals surface area contributed by atoms with Crippen LogP contribution in [0.25, 0.3) is 0 Å². The standard InChI is InChI=1S/C21H21NO4S/c1-15-8-10-19(11-9-15)27(24,25)22-13-12-18(14-22)17(3)26-21(23)20-7-5-4-6-16(20)2/h4-12H,3,13-14H2,1-2H3. The molecule has 1 heterocycles. The monoisotopic (exact) mass is 383 g/mol. The molecule has 0 aromatic heterocycles. The average Bonchev–Trinajstić information content (AvgIpc) is 3.13. The molecule has 0 unspecified atom stereocenters.